The van der Waals surface area contributed by atoms with Gasteiger partial charge in [0.05, 0.1) is 0 Å². The van der Waals surface area contributed by atoms with Crippen molar-refractivity contribution in [3.05, 3.63) is 59.7 Å². The van der Waals surface area contributed by atoms with Crippen LogP contribution in [-0.2, 0) is 12.8 Å². The van der Waals surface area contributed by atoms with Gasteiger partial charge >= 0.3 is 0 Å². The molecule has 3 heteroatoms. The van der Waals surface area contributed by atoms with Crippen LogP contribution in [0.1, 0.15) is 24.5 Å². The van der Waals surface area contributed by atoms with E-state index >= 15 is 0 Å². The van der Waals surface area contributed by atoms with Crippen LogP contribution in [0.3, 0.4) is 0 Å². The van der Waals surface area contributed by atoms with Crippen molar-refractivity contribution >= 4 is 31.2 Å². The second-order valence-corrected chi connectivity index (χ2v) is 9.23. The molecule has 0 amide bonds. The first-order valence-corrected chi connectivity index (χ1v) is 10.5. The number of benzene rings is 2. The predicted molar refractivity (Wildman–Crippen MR) is 109 cm³/mol. The fourth-order valence-electron chi connectivity index (χ4n) is 2.64. The third kappa shape index (κ3) is 5.64. The van der Waals surface area contributed by atoms with Gasteiger partial charge in [-0.3, -0.25) is 0 Å². The van der Waals surface area contributed by atoms with Gasteiger partial charge < -0.3 is 4.90 Å². The Balaban J connectivity index is 2.10. The molecular formula is C20H28NPS. The first-order valence-electron chi connectivity index (χ1n) is 8.35. The normalized spacial score (nSPS) is 12.6. The van der Waals surface area contributed by atoms with Crippen LogP contribution in [0.25, 0.3) is 0 Å². The summed E-state index contributed by atoms with van der Waals surface area (Å²) in [5.74, 6) is 0. The SMILES string of the molecule is CCCc1ccc(P(CS)c2ccc(CCN(C)C)cc2)cc1. The first kappa shape index (κ1) is 18.5. The molecule has 2 aromatic carbocycles. The van der Waals surface area contributed by atoms with Crippen LogP contribution in [0.15, 0.2) is 48.5 Å². The lowest BCUT2D eigenvalue weighted by atomic mass is 10.1. The summed E-state index contributed by atoms with van der Waals surface area (Å²) in [4.78, 5) is 2.23. The van der Waals surface area contributed by atoms with E-state index in [1.165, 1.54) is 34.6 Å². The van der Waals surface area contributed by atoms with Gasteiger partial charge in [0.15, 0.2) is 0 Å². The molecule has 2 rings (SSSR count). The smallest absolute Gasteiger partial charge is 0.0186 e. The minimum absolute atomic E-state index is 0.351. The molecule has 0 aliphatic carbocycles. The van der Waals surface area contributed by atoms with Crippen molar-refractivity contribution in [3.8, 4) is 0 Å². The van der Waals surface area contributed by atoms with Gasteiger partial charge in [-0.25, -0.2) is 0 Å². The minimum Gasteiger partial charge on any atom is -0.309 e. The lowest BCUT2D eigenvalue weighted by Crippen LogP contribution is -2.16. The molecule has 1 unspecified atom stereocenters. The van der Waals surface area contributed by atoms with Crippen molar-refractivity contribution in [1.29, 1.82) is 0 Å². The molecule has 0 aliphatic heterocycles. The third-order valence-corrected chi connectivity index (χ3v) is 7.00. The van der Waals surface area contributed by atoms with E-state index in [-0.39, 0.29) is 7.92 Å². The third-order valence-electron chi connectivity index (χ3n) is 4.02. The highest BCUT2D eigenvalue weighted by Gasteiger charge is 2.12. The highest BCUT2D eigenvalue weighted by molar-refractivity contribution is 7.93. The highest BCUT2D eigenvalue weighted by Crippen LogP contribution is 2.34. The Morgan fingerprint density at radius 2 is 1.30 bits per heavy atom. The molecule has 0 saturated carbocycles. The predicted octanol–water partition coefficient (Wildman–Crippen LogP) is 4.06. The van der Waals surface area contributed by atoms with Crippen molar-refractivity contribution in [3.63, 3.8) is 0 Å². The Bertz CT molecular complexity index is 578. The second-order valence-electron chi connectivity index (χ2n) is 6.21. The molecule has 0 aromatic heterocycles. The molecule has 0 fully saturated rings. The van der Waals surface area contributed by atoms with E-state index in [0.29, 0.717) is 0 Å². The van der Waals surface area contributed by atoms with Crippen LogP contribution in [0, 0.1) is 0 Å². The molecule has 0 N–H and O–H groups in total. The summed E-state index contributed by atoms with van der Waals surface area (Å²) < 4.78 is 0. The van der Waals surface area contributed by atoms with Gasteiger partial charge in [-0.1, -0.05) is 61.9 Å². The van der Waals surface area contributed by atoms with Crippen LogP contribution in [0.4, 0.5) is 0 Å². The topological polar surface area (TPSA) is 3.24 Å². The largest absolute Gasteiger partial charge is 0.309 e. The lowest BCUT2D eigenvalue weighted by Gasteiger charge is -2.17. The Labute approximate surface area is 148 Å². The monoisotopic (exact) mass is 345 g/mol. The quantitative estimate of drug-likeness (QED) is 0.558. The first-order chi connectivity index (χ1) is 11.1. The van der Waals surface area contributed by atoms with Crippen LogP contribution in [0.5, 0.6) is 0 Å². The van der Waals surface area contributed by atoms with Crippen LogP contribution >= 0.6 is 20.6 Å². The molecule has 0 radical (unpaired) electrons. The van der Waals surface area contributed by atoms with E-state index < -0.39 is 0 Å². The molecule has 0 bridgehead atoms. The van der Waals surface area contributed by atoms with Gasteiger partial charge in [0, 0.05) is 12.0 Å². The average molecular weight is 345 g/mol. The summed E-state index contributed by atoms with van der Waals surface area (Å²) in [5, 5.41) is 2.85. The average Bonchev–Trinajstić information content (AvgIpc) is 2.56. The summed E-state index contributed by atoms with van der Waals surface area (Å²) in [5.41, 5.74) is 3.75. The molecule has 0 saturated heterocycles. The number of hydrogen-bond donors (Lipinski definition) is 1. The molecule has 1 nitrogen and oxygen atoms in total. The van der Waals surface area contributed by atoms with E-state index in [1.54, 1.807) is 0 Å². The van der Waals surface area contributed by atoms with Gasteiger partial charge in [0.1, 0.15) is 0 Å². The Morgan fingerprint density at radius 3 is 1.70 bits per heavy atom. The van der Waals surface area contributed by atoms with Crippen LogP contribution < -0.4 is 10.6 Å². The fourth-order valence-corrected chi connectivity index (χ4v) is 5.26. The van der Waals surface area contributed by atoms with E-state index in [1.807, 2.05) is 0 Å². The number of likely N-dealkylation sites (N-methyl/N-ethyl adjacent to an activating group) is 1. The van der Waals surface area contributed by atoms with Crippen molar-refractivity contribution < 1.29 is 0 Å². The van der Waals surface area contributed by atoms with Gasteiger partial charge in [-0.05, 0) is 56.6 Å². The van der Waals surface area contributed by atoms with Crippen LogP contribution in [-0.4, -0.2) is 31.0 Å². The zero-order chi connectivity index (χ0) is 16.7. The summed E-state index contributed by atoms with van der Waals surface area (Å²) in [7, 11) is 3.89. The van der Waals surface area contributed by atoms with Crippen molar-refractivity contribution in [1.82, 2.24) is 4.90 Å². The summed E-state index contributed by atoms with van der Waals surface area (Å²) >= 11 is 4.62. The highest BCUT2D eigenvalue weighted by atomic mass is 32.1. The van der Waals surface area contributed by atoms with E-state index in [2.05, 4.69) is 87.1 Å². The number of nitrogens with zero attached hydrogens (tertiary/aromatic N) is 1. The number of aryl methyl sites for hydroxylation is 1. The summed E-state index contributed by atoms with van der Waals surface area (Å²) in [6.45, 7) is 3.33. The van der Waals surface area contributed by atoms with Gasteiger partial charge in [0.25, 0.3) is 0 Å². The summed E-state index contributed by atoms with van der Waals surface area (Å²) in [6, 6.07) is 18.3. The van der Waals surface area contributed by atoms with Gasteiger partial charge in [-0.2, -0.15) is 12.6 Å². The zero-order valence-corrected chi connectivity index (χ0v) is 16.3. The standard InChI is InChI=1S/C20H28NPS/c1-4-5-17-6-10-19(11-7-17)22(16-23)20-12-8-18(9-13-20)14-15-21(2)3/h6-13,23H,4-5,14-16H2,1-3H3. The second kappa shape index (κ2) is 9.47. The maximum Gasteiger partial charge on any atom is 0.0186 e. The Morgan fingerprint density at radius 1 is 0.826 bits per heavy atom. The molecular weight excluding hydrogens is 317 g/mol. The van der Waals surface area contributed by atoms with Crippen molar-refractivity contribution in [2.75, 3.05) is 26.1 Å². The van der Waals surface area contributed by atoms with Crippen molar-refractivity contribution in [2.45, 2.75) is 26.2 Å². The van der Waals surface area contributed by atoms with E-state index in [4.69, 9.17) is 0 Å². The maximum absolute atomic E-state index is 4.62. The molecule has 124 valence electrons. The number of hydrogen-bond acceptors (Lipinski definition) is 2. The van der Waals surface area contributed by atoms with E-state index in [9.17, 15) is 0 Å². The molecule has 0 aliphatic rings. The number of thiol groups is 1. The lowest BCUT2D eigenvalue weighted by molar-refractivity contribution is 0.413. The van der Waals surface area contributed by atoms with Gasteiger partial charge in [-0.15, -0.1) is 0 Å². The Kier molecular flexibility index (Phi) is 7.62. The Hall–Kier alpha value is -0.820. The van der Waals surface area contributed by atoms with Gasteiger partial charge in [0.2, 0.25) is 0 Å². The fraction of sp³-hybridized carbons (Fsp3) is 0.400. The van der Waals surface area contributed by atoms with Crippen molar-refractivity contribution in [2.24, 2.45) is 0 Å². The molecule has 1 atom stereocenters. The number of rotatable bonds is 8. The molecule has 23 heavy (non-hydrogen) atoms. The van der Waals surface area contributed by atoms with E-state index in [0.717, 1.165) is 18.5 Å². The minimum atomic E-state index is -0.351. The van der Waals surface area contributed by atoms with Crippen LogP contribution in [0.2, 0.25) is 0 Å². The summed E-state index contributed by atoms with van der Waals surface area (Å²) in [6.07, 6.45) is 3.48. The molecule has 2 aromatic rings. The zero-order valence-electron chi connectivity index (χ0n) is 14.5. The maximum atomic E-state index is 4.62. The molecule has 0 heterocycles. The molecule has 0 spiro atoms.